The van der Waals surface area contributed by atoms with Crippen LogP contribution in [-0.2, 0) is 18.3 Å². The first kappa shape index (κ1) is 26.6. The summed E-state index contributed by atoms with van der Waals surface area (Å²) in [5.41, 5.74) is 12.5. The molecule has 1 aliphatic heterocycles. The molecule has 0 radical (unpaired) electrons. The molecule has 2 heterocycles. The lowest BCUT2D eigenvalue weighted by Crippen LogP contribution is -2.34. The van der Waals surface area contributed by atoms with Crippen LogP contribution in [0.1, 0.15) is 54.5 Å². The van der Waals surface area contributed by atoms with E-state index in [1.807, 2.05) is 0 Å². The van der Waals surface area contributed by atoms with E-state index in [1.165, 1.54) is 55.6 Å². The number of allylic oxidation sites excluding steroid dienone is 2. The second-order valence-corrected chi connectivity index (χ2v) is 13.5. The van der Waals surface area contributed by atoms with E-state index >= 15 is 0 Å². The average Bonchev–Trinajstić information content (AvgIpc) is 3.61. The number of hydrogen-bond acceptors (Lipinski definition) is 1. The fourth-order valence-electron chi connectivity index (χ4n) is 8.50. The molecule has 0 saturated carbocycles. The van der Waals surface area contributed by atoms with Gasteiger partial charge < -0.3 is 9.47 Å². The van der Waals surface area contributed by atoms with Gasteiger partial charge in [-0.1, -0.05) is 116 Å². The van der Waals surface area contributed by atoms with Crippen molar-refractivity contribution < 1.29 is 0 Å². The maximum absolute atomic E-state index is 2.57. The van der Waals surface area contributed by atoms with Crippen molar-refractivity contribution >= 4 is 23.5 Å². The van der Waals surface area contributed by atoms with Crippen LogP contribution in [-0.4, -0.2) is 10.6 Å². The van der Waals surface area contributed by atoms with Crippen LogP contribution in [0.5, 0.6) is 0 Å². The van der Waals surface area contributed by atoms with Gasteiger partial charge in [-0.2, -0.15) is 0 Å². The largest absolute Gasteiger partial charge is 0.333 e. The van der Waals surface area contributed by atoms with E-state index in [0.29, 0.717) is 12.0 Å². The van der Waals surface area contributed by atoms with Crippen LogP contribution in [0, 0.1) is 0 Å². The average molecular weight is 583 g/mol. The Morgan fingerprint density at radius 2 is 1.44 bits per heavy atom. The maximum Gasteiger partial charge on any atom is 0.0629 e. The molecule has 4 aromatic carbocycles. The molecule has 3 aliphatic carbocycles. The summed E-state index contributed by atoms with van der Waals surface area (Å²) < 4.78 is 2.56. The van der Waals surface area contributed by atoms with E-state index in [9.17, 15) is 0 Å². The van der Waals surface area contributed by atoms with Gasteiger partial charge in [0, 0.05) is 34.0 Å². The lowest BCUT2D eigenvalue weighted by atomic mass is 9.69. The van der Waals surface area contributed by atoms with Gasteiger partial charge in [-0.05, 0) is 101 Å². The lowest BCUT2D eigenvalue weighted by molar-refractivity contribution is 0.403. The summed E-state index contributed by atoms with van der Waals surface area (Å²) in [6, 6.07) is 38.5. The van der Waals surface area contributed by atoms with Crippen molar-refractivity contribution in [3.63, 3.8) is 0 Å². The summed E-state index contributed by atoms with van der Waals surface area (Å²) in [5.74, 6) is 0.358. The minimum Gasteiger partial charge on any atom is -0.333 e. The minimum atomic E-state index is 0.0957. The van der Waals surface area contributed by atoms with Crippen molar-refractivity contribution in [3.8, 4) is 16.8 Å². The molecule has 3 unspecified atom stereocenters. The minimum absolute atomic E-state index is 0.0957. The van der Waals surface area contributed by atoms with Gasteiger partial charge in [-0.15, -0.1) is 0 Å². The Labute approximate surface area is 266 Å². The molecule has 0 spiro atoms. The number of anilines is 2. The summed E-state index contributed by atoms with van der Waals surface area (Å²) >= 11 is 0. The quantitative estimate of drug-likeness (QED) is 0.206. The molecule has 0 amide bonds. The van der Waals surface area contributed by atoms with Crippen LogP contribution in [0.2, 0.25) is 0 Å². The third-order valence-electron chi connectivity index (χ3n) is 10.8. The molecule has 45 heavy (non-hydrogen) atoms. The van der Waals surface area contributed by atoms with Crippen LogP contribution >= 0.6 is 0 Å². The van der Waals surface area contributed by atoms with Crippen LogP contribution < -0.4 is 15.5 Å². The van der Waals surface area contributed by atoms with Gasteiger partial charge in [0.15, 0.2) is 0 Å². The van der Waals surface area contributed by atoms with Crippen molar-refractivity contribution in [2.75, 3.05) is 4.90 Å². The molecule has 3 atom stereocenters. The summed E-state index contributed by atoms with van der Waals surface area (Å²) in [6.45, 7) is 2.51. The van der Waals surface area contributed by atoms with E-state index in [0.717, 1.165) is 32.1 Å². The fraction of sp³-hybridized carbons (Fsp3) is 0.209. The number of rotatable bonds is 4. The highest BCUT2D eigenvalue weighted by Gasteiger charge is 2.40. The highest BCUT2D eigenvalue weighted by molar-refractivity contribution is 5.77. The van der Waals surface area contributed by atoms with E-state index in [2.05, 4.69) is 156 Å². The zero-order chi connectivity index (χ0) is 30.0. The van der Waals surface area contributed by atoms with Gasteiger partial charge in [0.2, 0.25) is 0 Å². The molecular formula is C43H38N2. The van der Waals surface area contributed by atoms with Gasteiger partial charge in [0.1, 0.15) is 0 Å². The number of aromatic nitrogens is 1. The number of para-hydroxylation sites is 1. The van der Waals surface area contributed by atoms with Gasteiger partial charge in [-0.25, -0.2) is 0 Å². The first-order valence-electron chi connectivity index (χ1n) is 16.6. The Balaban J connectivity index is 1.10. The standard InChI is InChI=1S/C43H38N2/c1-43(27-26-42-38(29-43)36-17-9-11-19-40(36)44(42)33-14-6-3-7-15-33)32-22-25-41-37(28-32)35-16-8-10-18-39(35)45(41)34-23-20-31(21-24-34)30-12-4-2-5-13-30/h2-8,10,12-25,28,35,39H,9,11,26-27,29H2,1H3. The van der Waals surface area contributed by atoms with E-state index < -0.39 is 0 Å². The topological polar surface area (TPSA) is 8.17 Å². The zero-order valence-corrected chi connectivity index (χ0v) is 25.9. The van der Waals surface area contributed by atoms with Gasteiger partial charge in [0.25, 0.3) is 0 Å². The Morgan fingerprint density at radius 1 is 0.711 bits per heavy atom. The molecule has 4 aliphatic rings. The van der Waals surface area contributed by atoms with Crippen molar-refractivity contribution in [2.24, 2.45) is 0 Å². The Bertz CT molecular complexity index is 2100. The smallest absolute Gasteiger partial charge is 0.0629 e. The van der Waals surface area contributed by atoms with Crippen molar-refractivity contribution in [1.82, 2.24) is 4.57 Å². The maximum atomic E-state index is 2.57. The highest BCUT2D eigenvalue weighted by Crippen LogP contribution is 2.50. The third-order valence-corrected chi connectivity index (χ3v) is 10.8. The van der Waals surface area contributed by atoms with Crippen LogP contribution in [0.4, 0.5) is 11.4 Å². The van der Waals surface area contributed by atoms with Crippen molar-refractivity contribution in [3.05, 3.63) is 160 Å². The van der Waals surface area contributed by atoms with Gasteiger partial charge in [0.05, 0.1) is 6.04 Å². The molecule has 0 saturated heterocycles. The zero-order valence-electron chi connectivity index (χ0n) is 25.9. The number of nitrogens with zero attached hydrogens (tertiary/aromatic N) is 2. The number of fused-ring (bicyclic) bond motifs is 6. The highest BCUT2D eigenvalue weighted by atomic mass is 15.2. The van der Waals surface area contributed by atoms with Crippen LogP contribution in [0.25, 0.3) is 29.0 Å². The van der Waals surface area contributed by atoms with E-state index in [-0.39, 0.29) is 5.41 Å². The molecule has 5 aromatic rings. The van der Waals surface area contributed by atoms with Crippen molar-refractivity contribution in [1.29, 1.82) is 0 Å². The number of hydrogen-bond donors (Lipinski definition) is 0. The molecule has 0 fully saturated rings. The molecule has 2 heteroatoms. The molecule has 2 nitrogen and oxygen atoms in total. The first-order valence-corrected chi connectivity index (χ1v) is 16.6. The molecule has 0 N–H and O–H groups in total. The summed E-state index contributed by atoms with van der Waals surface area (Å²) in [7, 11) is 0. The predicted molar refractivity (Wildman–Crippen MR) is 188 cm³/mol. The normalized spacial score (nSPS) is 22.6. The summed E-state index contributed by atoms with van der Waals surface area (Å²) in [5, 5.41) is 2.89. The second-order valence-electron chi connectivity index (χ2n) is 13.5. The Hall–Kier alpha value is -4.82. The lowest BCUT2D eigenvalue weighted by Gasteiger charge is -2.35. The fourth-order valence-corrected chi connectivity index (χ4v) is 8.50. The molecule has 9 rings (SSSR count). The molecule has 220 valence electrons. The Morgan fingerprint density at radius 3 is 2.27 bits per heavy atom. The Kier molecular flexibility index (Phi) is 6.13. The SMILES string of the molecule is CC1(c2ccc3c(c2)C2C=CC=CC2N3c2ccc(-c3ccccc3)cc2)CCc2c(c3c(n2-c2ccccc2)=CCCC=3)C1. The van der Waals surface area contributed by atoms with Crippen LogP contribution in [0.15, 0.2) is 127 Å². The molecule has 0 bridgehead atoms. The monoisotopic (exact) mass is 582 g/mol. The van der Waals surface area contributed by atoms with Crippen molar-refractivity contribution in [2.45, 2.75) is 56.4 Å². The second kappa shape index (κ2) is 10.4. The first-order chi connectivity index (χ1) is 22.2. The summed E-state index contributed by atoms with van der Waals surface area (Å²) in [6.07, 6.45) is 19.8. The third kappa shape index (κ3) is 4.23. The van der Waals surface area contributed by atoms with Gasteiger partial charge in [-0.3, -0.25) is 0 Å². The van der Waals surface area contributed by atoms with E-state index in [4.69, 9.17) is 0 Å². The molecular weight excluding hydrogens is 544 g/mol. The molecule has 1 aromatic heterocycles. The van der Waals surface area contributed by atoms with Crippen LogP contribution in [0.3, 0.4) is 0 Å². The number of benzene rings is 4. The predicted octanol–water partition coefficient (Wildman–Crippen LogP) is 8.68. The van der Waals surface area contributed by atoms with Gasteiger partial charge >= 0.3 is 0 Å². The van der Waals surface area contributed by atoms with E-state index in [1.54, 1.807) is 5.56 Å². The summed E-state index contributed by atoms with van der Waals surface area (Å²) in [4.78, 5) is 2.56.